The molecule has 0 saturated carbocycles. The third kappa shape index (κ3) is 4.35. The van der Waals surface area contributed by atoms with Crippen molar-refractivity contribution in [2.75, 3.05) is 18.5 Å². The Labute approximate surface area is 131 Å². The van der Waals surface area contributed by atoms with E-state index >= 15 is 0 Å². The number of anilines is 1. The molecule has 1 aromatic carbocycles. The number of aliphatic hydroxyl groups is 1. The SMILES string of the molecule is CC(C)Oc1ccc(NC(N)=NCC2(O)CCOC2C)cc1. The summed E-state index contributed by atoms with van der Waals surface area (Å²) in [6.07, 6.45) is 0.491. The first-order valence-corrected chi connectivity index (χ1v) is 7.57. The van der Waals surface area contributed by atoms with Crippen molar-refractivity contribution in [1.29, 1.82) is 0 Å². The Morgan fingerprint density at radius 1 is 1.50 bits per heavy atom. The van der Waals surface area contributed by atoms with Gasteiger partial charge in [-0.3, -0.25) is 4.99 Å². The van der Waals surface area contributed by atoms with Crippen LogP contribution in [0.15, 0.2) is 29.3 Å². The number of hydrogen-bond acceptors (Lipinski definition) is 4. The van der Waals surface area contributed by atoms with E-state index in [0.717, 1.165) is 11.4 Å². The average molecular weight is 307 g/mol. The van der Waals surface area contributed by atoms with Gasteiger partial charge in [0.2, 0.25) is 0 Å². The molecule has 0 spiro atoms. The number of nitrogens with zero attached hydrogens (tertiary/aromatic N) is 1. The lowest BCUT2D eigenvalue weighted by atomic mass is 9.97. The summed E-state index contributed by atoms with van der Waals surface area (Å²) in [6, 6.07) is 7.48. The average Bonchev–Trinajstić information content (AvgIpc) is 2.79. The van der Waals surface area contributed by atoms with Gasteiger partial charge in [0.05, 0.1) is 18.8 Å². The Kier molecular flexibility index (Phi) is 5.26. The van der Waals surface area contributed by atoms with Gasteiger partial charge in [0, 0.05) is 18.7 Å². The van der Waals surface area contributed by atoms with Gasteiger partial charge in [-0.1, -0.05) is 0 Å². The molecule has 1 aromatic rings. The monoisotopic (exact) mass is 307 g/mol. The first kappa shape index (κ1) is 16.6. The van der Waals surface area contributed by atoms with E-state index in [4.69, 9.17) is 15.2 Å². The molecule has 0 bridgehead atoms. The predicted molar refractivity (Wildman–Crippen MR) is 87.3 cm³/mol. The minimum Gasteiger partial charge on any atom is -0.491 e. The van der Waals surface area contributed by atoms with E-state index in [2.05, 4.69) is 10.3 Å². The van der Waals surface area contributed by atoms with Crippen LogP contribution in [0, 0.1) is 0 Å². The molecule has 1 saturated heterocycles. The zero-order chi connectivity index (χ0) is 16.2. The third-order valence-electron chi connectivity index (χ3n) is 3.68. The Hall–Kier alpha value is -1.79. The summed E-state index contributed by atoms with van der Waals surface area (Å²) in [4.78, 5) is 4.22. The van der Waals surface area contributed by atoms with Crippen LogP contribution in [-0.2, 0) is 4.74 Å². The number of hydrogen-bond donors (Lipinski definition) is 3. The van der Waals surface area contributed by atoms with Crippen molar-refractivity contribution in [1.82, 2.24) is 0 Å². The lowest BCUT2D eigenvalue weighted by Gasteiger charge is -2.23. The molecule has 0 aliphatic carbocycles. The van der Waals surface area contributed by atoms with E-state index in [9.17, 15) is 5.11 Å². The molecule has 1 aliphatic heterocycles. The maximum Gasteiger partial charge on any atom is 0.193 e. The van der Waals surface area contributed by atoms with Crippen molar-refractivity contribution in [2.24, 2.45) is 10.7 Å². The van der Waals surface area contributed by atoms with Crippen LogP contribution in [0.25, 0.3) is 0 Å². The van der Waals surface area contributed by atoms with E-state index in [1.807, 2.05) is 45.0 Å². The molecular weight excluding hydrogens is 282 g/mol. The second-order valence-electron chi connectivity index (χ2n) is 5.88. The van der Waals surface area contributed by atoms with Crippen LogP contribution in [0.3, 0.4) is 0 Å². The van der Waals surface area contributed by atoms with Crippen molar-refractivity contribution in [2.45, 2.75) is 45.0 Å². The van der Waals surface area contributed by atoms with Crippen LogP contribution in [0.4, 0.5) is 5.69 Å². The van der Waals surface area contributed by atoms with Crippen molar-refractivity contribution in [3.63, 3.8) is 0 Å². The quantitative estimate of drug-likeness (QED) is 0.569. The summed E-state index contributed by atoms with van der Waals surface area (Å²) in [7, 11) is 0. The highest BCUT2D eigenvalue weighted by Crippen LogP contribution is 2.25. The topological polar surface area (TPSA) is 89.1 Å². The number of guanidine groups is 1. The van der Waals surface area contributed by atoms with Gasteiger partial charge in [-0.2, -0.15) is 0 Å². The van der Waals surface area contributed by atoms with E-state index in [1.165, 1.54) is 0 Å². The van der Waals surface area contributed by atoms with Gasteiger partial charge in [-0.15, -0.1) is 0 Å². The second-order valence-corrected chi connectivity index (χ2v) is 5.88. The summed E-state index contributed by atoms with van der Waals surface area (Å²) in [5, 5.41) is 13.4. The van der Waals surface area contributed by atoms with Crippen molar-refractivity contribution < 1.29 is 14.6 Å². The zero-order valence-corrected chi connectivity index (χ0v) is 13.4. The number of nitrogens with two attached hydrogens (primary N) is 1. The minimum atomic E-state index is -0.929. The molecule has 1 heterocycles. The zero-order valence-electron chi connectivity index (χ0n) is 13.4. The first-order valence-electron chi connectivity index (χ1n) is 7.57. The second kappa shape index (κ2) is 6.98. The van der Waals surface area contributed by atoms with Crippen LogP contribution in [0.5, 0.6) is 5.75 Å². The van der Waals surface area contributed by atoms with Crippen LogP contribution in [0.1, 0.15) is 27.2 Å². The number of ether oxygens (including phenoxy) is 2. The molecule has 2 unspecified atom stereocenters. The predicted octanol–water partition coefficient (Wildman–Crippen LogP) is 1.74. The number of benzene rings is 1. The van der Waals surface area contributed by atoms with Gasteiger partial charge in [0.1, 0.15) is 11.4 Å². The maximum absolute atomic E-state index is 10.4. The Morgan fingerprint density at radius 3 is 2.73 bits per heavy atom. The highest BCUT2D eigenvalue weighted by atomic mass is 16.5. The van der Waals surface area contributed by atoms with Gasteiger partial charge >= 0.3 is 0 Å². The normalized spacial score (nSPS) is 25.5. The van der Waals surface area contributed by atoms with E-state index in [0.29, 0.717) is 13.0 Å². The van der Waals surface area contributed by atoms with Crippen LogP contribution in [0.2, 0.25) is 0 Å². The summed E-state index contributed by atoms with van der Waals surface area (Å²) >= 11 is 0. The largest absolute Gasteiger partial charge is 0.491 e. The molecule has 0 aromatic heterocycles. The van der Waals surface area contributed by atoms with Crippen LogP contribution < -0.4 is 15.8 Å². The smallest absolute Gasteiger partial charge is 0.193 e. The fourth-order valence-electron chi connectivity index (χ4n) is 2.28. The summed E-state index contributed by atoms with van der Waals surface area (Å²) in [6.45, 7) is 6.59. The molecule has 2 rings (SSSR count). The molecule has 6 heteroatoms. The molecule has 2 atom stereocenters. The number of rotatable bonds is 5. The minimum absolute atomic E-state index is 0.141. The van der Waals surface area contributed by atoms with E-state index in [1.54, 1.807) is 0 Å². The van der Waals surface area contributed by atoms with Crippen molar-refractivity contribution in [3.05, 3.63) is 24.3 Å². The maximum atomic E-state index is 10.4. The molecule has 1 fully saturated rings. The molecule has 4 N–H and O–H groups in total. The van der Waals surface area contributed by atoms with Gasteiger partial charge in [-0.05, 0) is 45.0 Å². The van der Waals surface area contributed by atoms with E-state index in [-0.39, 0.29) is 24.7 Å². The number of aliphatic imine (C=N–C) groups is 1. The Bertz CT molecular complexity index is 516. The Balaban J connectivity index is 1.91. The van der Waals surface area contributed by atoms with Gasteiger partial charge in [-0.25, -0.2) is 0 Å². The first-order chi connectivity index (χ1) is 10.4. The number of nitrogens with one attached hydrogen (secondary N) is 1. The third-order valence-corrected chi connectivity index (χ3v) is 3.68. The van der Waals surface area contributed by atoms with Gasteiger partial charge in [0.15, 0.2) is 5.96 Å². The molecule has 122 valence electrons. The molecule has 6 nitrogen and oxygen atoms in total. The Morgan fingerprint density at radius 2 is 2.18 bits per heavy atom. The molecule has 0 amide bonds. The molecular formula is C16H25N3O3. The van der Waals surface area contributed by atoms with Crippen LogP contribution in [-0.4, -0.2) is 42.0 Å². The standard InChI is InChI=1S/C16H25N3O3/c1-11(2)22-14-6-4-13(5-7-14)19-15(17)18-10-16(20)8-9-21-12(16)3/h4-7,11-12,20H,8-10H2,1-3H3,(H3,17,18,19). The van der Waals surface area contributed by atoms with E-state index < -0.39 is 5.60 Å². The summed E-state index contributed by atoms with van der Waals surface area (Å²) in [5.74, 6) is 1.08. The lowest BCUT2D eigenvalue weighted by molar-refractivity contribution is -0.0201. The highest BCUT2D eigenvalue weighted by Gasteiger charge is 2.39. The molecule has 0 radical (unpaired) electrons. The summed E-state index contributed by atoms with van der Waals surface area (Å²) in [5.41, 5.74) is 5.75. The summed E-state index contributed by atoms with van der Waals surface area (Å²) < 4.78 is 10.9. The fraction of sp³-hybridized carbons (Fsp3) is 0.562. The fourth-order valence-corrected chi connectivity index (χ4v) is 2.28. The lowest BCUT2D eigenvalue weighted by Crippen LogP contribution is -2.40. The molecule has 22 heavy (non-hydrogen) atoms. The van der Waals surface area contributed by atoms with Gasteiger partial charge < -0.3 is 25.6 Å². The molecule has 1 aliphatic rings. The highest BCUT2D eigenvalue weighted by molar-refractivity contribution is 5.92. The van der Waals surface area contributed by atoms with Crippen molar-refractivity contribution in [3.8, 4) is 5.75 Å². The van der Waals surface area contributed by atoms with Crippen molar-refractivity contribution >= 4 is 11.6 Å². The van der Waals surface area contributed by atoms with Crippen LogP contribution >= 0.6 is 0 Å². The van der Waals surface area contributed by atoms with Gasteiger partial charge in [0.25, 0.3) is 0 Å².